The van der Waals surface area contributed by atoms with Crippen molar-refractivity contribution >= 4 is 17.8 Å². The highest BCUT2D eigenvalue weighted by molar-refractivity contribution is 5.94. The van der Waals surface area contributed by atoms with E-state index >= 15 is 0 Å². The molecule has 4 N–H and O–H groups in total. The Bertz CT molecular complexity index is 561. The maximum atomic E-state index is 12.7. The molecule has 0 aliphatic carbocycles. The summed E-state index contributed by atoms with van der Waals surface area (Å²) >= 11 is 0. The molecule has 7 nitrogen and oxygen atoms in total. The molecule has 0 unspecified atom stereocenters. The van der Waals surface area contributed by atoms with E-state index in [9.17, 15) is 18.8 Å². The molecule has 0 bridgehead atoms. The monoisotopic (exact) mass is 338 g/mol. The lowest BCUT2D eigenvalue weighted by Gasteiger charge is -2.10. The molecule has 0 aliphatic rings. The third-order valence-electron chi connectivity index (χ3n) is 3.04. The molecule has 1 aromatic rings. The molecule has 0 radical (unpaired) electrons. The van der Waals surface area contributed by atoms with Crippen molar-refractivity contribution < 1.29 is 18.8 Å². The Balaban J connectivity index is 2.10. The second-order valence-corrected chi connectivity index (χ2v) is 5.39. The maximum absolute atomic E-state index is 12.7. The highest BCUT2D eigenvalue weighted by atomic mass is 19.1. The highest BCUT2D eigenvalue weighted by Crippen LogP contribution is 2.01. The molecule has 24 heavy (non-hydrogen) atoms. The van der Waals surface area contributed by atoms with Crippen molar-refractivity contribution in [3.63, 3.8) is 0 Å². The molecule has 0 fully saturated rings. The van der Waals surface area contributed by atoms with Gasteiger partial charge in [-0.3, -0.25) is 9.59 Å². The molecule has 132 valence electrons. The minimum absolute atomic E-state index is 0.0688. The topological polar surface area (TPSA) is 99.3 Å². The number of hydrogen-bond donors (Lipinski definition) is 4. The standard InChI is InChI=1S/C16H23FN4O3/c1-11(2)14(22)18-7-9-20-16(24)21-10-8-19-15(23)12-3-5-13(17)6-4-12/h3-6,11H,7-10H2,1-2H3,(H,18,22)(H,19,23)(H2,20,21,24). The van der Waals surface area contributed by atoms with Crippen LogP contribution in [0.4, 0.5) is 9.18 Å². The Morgan fingerprint density at radius 2 is 1.38 bits per heavy atom. The van der Waals surface area contributed by atoms with E-state index in [4.69, 9.17) is 0 Å². The van der Waals surface area contributed by atoms with Crippen molar-refractivity contribution in [1.29, 1.82) is 0 Å². The van der Waals surface area contributed by atoms with Crippen molar-refractivity contribution in [3.05, 3.63) is 35.6 Å². The highest BCUT2D eigenvalue weighted by Gasteiger charge is 2.06. The van der Waals surface area contributed by atoms with Gasteiger partial charge in [-0.15, -0.1) is 0 Å². The first-order valence-corrected chi connectivity index (χ1v) is 7.73. The molecule has 1 rings (SSSR count). The van der Waals surface area contributed by atoms with Crippen LogP contribution in [0.25, 0.3) is 0 Å². The van der Waals surface area contributed by atoms with Crippen LogP contribution in [0, 0.1) is 11.7 Å². The van der Waals surface area contributed by atoms with Crippen LogP contribution in [0.5, 0.6) is 0 Å². The van der Waals surface area contributed by atoms with Crippen LogP contribution in [0.15, 0.2) is 24.3 Å². The molecule has 8 heteroatoms. The molecule has 0 aliphatic heterocycles. The van der Waals surface area contributed by atoms with Crippen LogP contribution in [0.2, 0.25) is 0 Å². The van der Waals surface area contributed by atoms with Crippen molar-refractivity contribution in [1.82, 2.24) is 21.3 Å². The van der Waals surface area contributed by atoms with E-state index in [1.165, 1.54) is 24.3 Å². The van der Waals surface area contributed by atoms with E-state index in [2.05, 4.69) is 21.3 Å². The van der Waals surface area contributed by atoms with Gasteiger partial charge in [0.25, 0.3) is 5.91 Å². The first-order chi connectivity index (χ1) is 11.4. The van der Waals surface area contributed by atoms with Gasteiger partial charge < -0.3 is 21.3 Å². The third kappa shape index (κ3) is 7.57. The zero-order chi connectivity index (χ0) is 17.9. The van der Waals surface area contributed by atoms with Gasteiger partial charge in [-0.25, -0.2) is 9.18 Å². The zero-order valence-corrected chi connectivity index (χ0v) is 13.8. The minimum Gasteiger partial charge on any atom is -0.354 e. The number of rotatable bonds is 8. The lowest BCUT2D eigenvalue weighted by atomic mass is 10.2. The first-order valence-electron chi connectivity index (χ1n) is 7.73. The van der Waals surface area contributed by atoms with Crippen LogP contribution in [0.3, 0.4) is 0 Å². The number of urea groups is 1. The molecule has 0 spiro atoms. The lowest BCUT2D eigenvalue weighted by Crippen LogP contribution is -2.43. The van der Waals surface area contributed by atoms with Crippen molar-refractivity contribution in [2.24, 2.45) is 5.92 Å². The van der Waals surface area contributed by atoms with E-state index in [0.29, 0.717) is 18.7 Å². The van der Waals surface area contributed by atoms with Gasteiger partial charge in [-0.05, 0) is 24.3 Å². The minimum atomic E-state index is -0.408. The van der Waals surface area contributed by atoms with Gasteiger partial charge in [0.1, 0.15) is 5.82 Å². The van der Waals surface area contributed by atoms with E-state index in [1.807, 2.05) is 0 Å². The number of carbonyl (C=O) groups is 3. The second kappa shape index (κ2) is 10.2. The van der Waals surface area contributed by atoms with Gasteiger partial charge in [-0.1, -0.05) is 13.8 Å². The SMILES string of the molecule is CC(C)C(=O)NCCNC(=O)NCCNC(=O)c1ccc(F)cc1. The van der Waals surface area contributed by atoms with Crippen LogP contribution < -0.4 is 21.3 Å². The smallest absolute Gasteiger partial charge is 0.314 e. The molecule has 1 aromatic carbocycles. The first kappa shape index (κ1) is 19.4. The Hall–Kier alpha value is -2.64. The zero-order valence-electron chi connectivity index (χ0n) is 13.8. The maximum Gasteiger partial charge on any atom is 0.314 e. The van der Waals surface area contributed by atoms with Crippen molar-refractivity contribution in [3.8, 4) is 0 Å². The number of nitrogens with one attached hydrogen (secondary N) is 4. The number of benzene rings is 1. The molecule has 0 saturated heterocycles. The van der Waals surface area contributed by atoms with Gasteiger partial charge in [0.15, 0.2) is 0 Å². The van der Waals surface area contributed by atoms with Gasteiger partial charge >= 0.3 is 6.03 Å². The summed E-state index contributed by atoms with van der Waals surface area (Å²) in [5.41, 5.74) is 0.349. The summed E-state index contributed by atoms with van der Waals surface area (Å²) in [5, 5.41) is 10.4. The van der Waals surface area contributed by atoms with E-state index in [1.54, 1.807) is 13.8 Å². The summed E-state index contributed by atoms with van der Waals surface area (Å²) < 4.78 is 12.7. The lowest BCUT2D eigenvalue weighted by molar-refractivity contribution is -0.123. The largest absolute Gasteiger partial charge is 0.354 e. The normalized spacial score (nSPS) is 10.2. The van der Waals surface area contributed by atoms with Crippen LogP contribution in [-0.2, 0) is 4.79 Å². The number of hydrogen-bond acceptors (Lipinski definition) is 3. The number of amides is 4. The molecular formula is C16H23FN4O3. The summed E-state index contributed by atoms with van der Waals surface area (Å²) in [5.74, 6) is -0.910. The average molecular weight is 338 g/mol. The van der Waals surface area contributed by atoms with Gasteiger partial charge in [-0.2, -0.15) is 0 Å². The molecule has 0 heterocycles. The average Bonchev–Trinajstić information content (AvgIpc) is 2.55. The van der Waals surface area contributed by atoms with Gasteiger partial charge in [0.05, 0.1) is 0 Å². The summed E-state index contributed by atoms with van der Waals surface area (Å²) in [7, 11) is 0. The Morgan fingerprint density at radius 3 is 1.92 bits per heavy atom. The fourth-order valence-corrected chi connectivity index (χ4v) is 1.68. The number of carbonyl (C=O) groups excluding carboxylic acids is 3. The predicted molar refractivity (Wildman–Crippen MR) is 88.0 cm³/mol. The van der Waals surface area contributed by atoms with E-state index in [0.717, 1.165) is 0 Å². The molecule has 0 atom stereocenters. The van der Waals surface area contributed by atoms with Crippen molar-refractivity contribution in [2.45, 2.75) is 13.8 Å². The Morgan fingerprint density at radius 1 is 0.875 bits per heavy atom. The summed E-state index contributed by atoms with van der Waals surface area (Å²) in [4.78, 5) is 34.5. The van der Waals surface area contributed by atoms with Crippen molar-refractivity contribution in [2.75, 3.05) is 26.2 Å². The fourth-order valence-electron chi connectivity index (χ4n) is 1.68. The van der Waals surface area contributed by atoms with Crippen LogP contribution in [0.1, 0.15) is 24.2 Å². The van der Waals surface area contributed by atoms with Crippen LogP contribution >= 0.6 is 0 Å². The third-order valence-corrected chi connectivity index (χ3v) is 3.04. The quantitative estimate of drug-likeness (QED) is 0.523. The Labute approximate surface area is 140 Å². The van der Waals surface area contributed by atoms with Crippen LogP contribution in [-0.4, -0.2) is 44.0 Å². The molecule has 0 saturated carbocycles. The summed E-state index contributed by atoms with van der Waals surface area (Å²) in [6.07, 6.45) is 0. The van der Waals surface area contributed by atoms with Gasteiger partial charge in [0, 0.05) is 37.7 Å². The second-order valence-electron chi connectivity index (χ2n) is 5.39. The molecule has 0 aromatic heterocycles. The van der Waals surface area contributed by atoms with Gasteiger partial charge in [0.2, 0.25) is 5.91 Å². The summed E-state index contributed by atoms with van der Waals surface area (Å²) in [6.45, 7) is 4.73. The summed E-state index contributed by atoms with van der Waals surface area (Å²) in [6, 6.07) is 4.80. The molecule has 4 amide bonds. The molecular weight excluding hydrogens is 315 g/mol. The Kier molecular flexibility index (Phi) is 8.24. The van der Waals surface area contributed by atoms with E-state index < -0.39 is 5.82 Å². The predicted octanol–water partition coefficient (Wildman–Crippen LogP) is 0.627. The fraction of sp³-hybridized carbons (Fsp3) is 0.438. The number of halogens is 1. The van der Waals surface area contributed by atoms with E-state index in [-0.39, 0.29) is 36.9 Å².